The van der Waals surface area contributed by atoms with Gasteiger partial charge in [-0.15, -0.1) is 11.8 Å². The van der Waals surface area contributed by atoms with E-state index >= 15 is 0 Å². The average molecular weight is 578 g/mol. The second kappa shape index (κ2) is 11.9. The first-order valence-corrected chi connectivity index (χ1v) is 14.4. The molecular formula is C31H32ClN3O4S. The number of ether oxygens (including phenoxy) is 1. The Hall–Kier alpha value is -3.49. The second-order valence-electron chi connectivity index (χ2n) is 10.7. The summed E-state index contributed by atoms with van der Waals surface area (Å²) in [5, 5.41) is 15.2. The standard InChI is InChI=1S/C31H32ClN3O4S/c1-20-14-24-27(38-17-23-6-4-5-13-33-23)12-11-25-29(24)30(40-20)26(15-31(2,3)19-34-39-18-28(36)37)35(25)16-21-7-9-22(32)10-8-21/h4-13,19-20H,14-18H2,1-3H3,(H,36,37). The number of pyridine rings is 1. The minimum absolute atomic E-state index is 0.371. The van der Waals surface area contributed by atoms with Crippen LogP contribution in [-0.2, 0) is 35.6 Å². The van der Waals surface area contributed by atoms with Crippen molar-refractivity contribution in [2.45, 2.75) is 56.9 Å². The average Bonchev–Trinajstić information content (AvgIpc) is 3.20. The Bertz CT molecular complexity index is 1530. The van der Waals surface area contributed by atoms with Crippen LogP contribution in [-0.4, -0.2) is 38.7 Å². The first kappa shape index (κ1) is 28.1. The van der Waals surface area contributed by atoms with Crippen molar-refractivity contribution in [1.29, 1.82) is 0 Å². The van der Waals surface area contributed by atoms with E-state index in [1.807, 2.05) is 42.1 Å². The van der Waals surface area contributed by atoms with Crippen molar-refractivity contribution in [3.63, 3.8) is 0 Å². The van der Waals surface area contributed by atoms with E-state index in [2.05, 4.69) is 59.7 Å². The van der Waals surface area contributed by atoms with Crippen molar-refractivity contribution in [2.75, 3.05) is 6.61 Å². The van der Waals surface area contributed by atoms with Gasteiger partial charge in [-0.2, -0.15) is 0 Å². The summed E-state index contributed by atoms with van der Waals surface area (Å²) in [5.41, 5.74) is 5.25. The van der Waals surface area contributed by atoms with Crippen molar-refractivity contribution < 1.29 is 19.5 Å². The molecule has 9 heteroatoms. The van der Waals surface area contributed by atoms with Crippen molar-refractivity contribution in [1.82, 2.24) is 9.55 Å². The Morgan fingerprint density at radius 3 is 2.75 bits per heavy atom. The Morgan fingerprint density at radius 1 is 1.23 bits per heavy atom. The molecule has 40 heavy (non-hydrogen) atoms. The fourth-order valence-electron chi connectivity index (χ4n) is 5.02. The predicted molar refractivity (Wildman–Crippen MR) is 160 cm³/mol. The maximum Gasteiger partial charge on any atom is 0.344 e. The summed E-state index contributed by atoms with van der Waals surface area (Å²) in [5.74, 6) is -0.161. The highest BCUT2D eigenvalue weighted by atomic mass is 35.5. The van der Waals surface area contributed by atoms with Gasteiger partial charge in [-0.25, -0.2) is 4.79 Å². The largest absolute Gasteiger partial charge is 0.487 e. The van der Waals surface area contributed by atoms with E-state index < -0.39 is 12.6 Å². The van der Waals surface area contributed by atoms with Crippen LogP contribution in [0.5, 0.6) is 5.75 Å². The number of rotatable bonds is 11. The minimum atomic E-state index is -1.05. The maximum atomic E-state index is 10.8. The number of thioether (sulfide) groups is 1. The summed E-state index contributed by atoms with van der Waals surface area (Å²) in [6.45, 7) is 7.05. The zero-order chi connectivity index (χ0) is 28.3. The van der Waals surface area contributed by atoms with Gasteiger partial charge in [0, 0.05) is 56.2 Å². The SMILES string of the molecule is CC1Cc2c(OCc3ccccn3)ccc3c2c(c(CC(C)(C)C=NOCC(=O)O)n3Cc2ccc(Cl)cc2)S1. The van der Waals surface area contributed by atoms with Gasteiger partial charge in [0.25, 0.3) is 0 Å². The Labute approximate surface area is 243 Å². The molecule has 1 aliphatic heterocycles. The van der Waals surface area contributed by atoms with Crippen LogP contribution in [0.15, 0.2) is 70.8 Å². The summed E-state index contributed by atoms with van der Waals surface area (Å²) >= 11 is 8.08. The normalized spacial score (nSPS) is 15.1. The fraction of sp³-hybridized carbons (Fsp3) is 0.323. The smallest absolute Gasteiger partial charge is 0.344 e. The number of hydrogen-bond acceptors (Lipinski definition) is 6. The van der Waals surface area contributed by atoms with Crippen molar-refractivity contribution in [3.05, 3.63) is 88.3 Å². The third-order valence-electron chi connectivity index (χ3n) is 6.81. The van der Waals surface area contributed by atoms with Gasteiger partial charge >= 0.3 is 5.97 Å². The number of aromatic nitrogens is 2. The highest BCUT2D eigenvalue weighted by molar-refractivity contribution is 8.00. The van der Waals surface area contributed by atoms with Gasteiger partial charge in [0.05, 0.1) is 11.2 Å². The highest BCUT2D eigenvalue weighted by Gasteiger charge is 2.31. The van der Waals surface area contributed by atoms with E-state index in [4.69, 9.17) is 26.3 Å². The lowest BCUT2D eigenvalue weighted by Gasteiger charge is -2.24. The van der Waals surface area contributed by atoms with E-state index in [1.54, 1.807) is 12.4 Å². The lowest BCUT2D eigenvalue weighted by Crippen LogP contribution is -2.21. The molecule has 0 saturated heterocycles. The van der Waals surface area contributed by atoms with Crippen LogP contribution in [0.4, 0.5) is 0 Å². The molecule has 5 rings (SSSR count). The minimum Gasteiger partial charge on any atom is -0.487 e. The second-order valence-corrected chi connectivity index (χ2v) is 12.6. The van der Waals surface area contributed by atoms with Crippen LogP contribution in [0.25, 0.3) is 10.9 Å². The van der Waals surface area contributed by atoms with E-state index in [1.165, 1.54) is 21.5 Å². The van der Waals surface area contributed by atoms with Crippen LogP contribution >= 0.6 is 23.4 Å². The van der Waals surface area contributed by atoms with E-state index in [0.29, 0.717) is 29.8 Å². The molecule has 7 nitrogen and oxygen atoms in total. The molecule has 0 saturated carbocycles. The summed E-state index contributed by atoms with van der Waals surface area (Å²) in [4.78, 5) is 21.5. The topological polar surface area (TPSA) is 85.9 Å². The number of benzene rings is 2. The quantitative estimate of drug-likeness (QED) is 0.152. The number of nitrogens with zero attached hydrogens (tertiary/aromatic N) is 3. The van der Waals surface area contributed by atoms with Crippen LogP contribution in [0.3, 0.4) is 0 Å². The molecule has 0 fully saturated rings. The Morgan fingerprint density at radius 2 is 2.02 bits per heavy atom. The zero-order valence-electron chi connectivity index (χ0n) is 22.8. The van der Waals surface area contributed by atoms with Crippen molar-refractivity contribution >= 4 is 46.4 Å². The molecule has 0 aliphatic carbocycles. The molecule has 208 valence electrons. The van der Waals surface area contributed by atoms with Gasteiger partial charge in [-0.05, 0) is 54.8 Å². The lowest BCUT2D eigenvalue weighted by molar-refractivity contribution is -0.142. The van der Waals surface area contributed by atoms with Crippen LogP contribution in [0.2, 0.25) is 5.02 Å². The predicted octanol–water partition coefficient (Wildman–Crippen LogP) is 7.01. The van der Waals surface area contributed by atoms with Gasteiger partial charge in [-0.3, -0.25) is 4.98 Å². The molecule has 1 unspecified atom stereocenters. The number of carbonyl (C=O) groups is 1. The van der Waals surface area contributed by atoms with Crippen LogP contribution < -0.4 is 4.74 Å². The fourth-order valence-corrected chi connectivity index (χ4v) is 6.46. The number of oxime groups is 1. The number of aliphatic carboxylic acids is 1. The van der Waals surface area contributed by atoms with Gasteiger partial charge in [-0.1, -0.05) is 55.7 Å². The molecule has 3 heterocycles. The molecule has 2 aromatic carbocycles. The number of carboxylic acid groups (broad SMARTS) is 1. The molecule has 1 aliphatic rings. The first-order chi connectivity index (χ1) is 19.2. The Balaban J connectivity index is 1.57. The van der Waals surface area contributed by atoms with Gasteiger partial charge in [0.2, 0.25) is 6.61 Å². The Kier molecular flexibility index (Phi) is 8.38. The summed E-state index contributed by atoms with van der Waals surface area (Å²) < 4.78 is 8.73. The first-order valence-electron chi connectivity index (χ1n) is 13.2. The maximum absolute atomic E-state index is 10.8. The van der Waals surface area contributed by atoms with Crippen molar-refractivity contribution in [3.8, 4) is 5.75 Å². The lowest BCUT2D eigenvalue weighted by atomic mass is 9.89. The van der Waals surface area contributed by atoms with Gasteiger partial charge in [0.15, 0.2) is 0 Å². The van der Waals surface area contributed by atoms with E-state index in [-0.39, 0.29) is 5.41 Å². The summed E-state index contributed by atoms with van der Waals surface area (Å²) in [6.07, 6.45) is 5.08. The highest BCUT2D eigenvalue weighted by Crippen LogP contribution is 2.48. The molecule has 0 spiro atoms. The number of halogens is 1. The van der Waals surface area contributed by atoms with Crippen LogP contribution in [0.1, 0.15) is 43.3 Å². The number of carboxylic acids is 1. The third-order valence-corrected chi connectivity index (χ3v) is 8.30. The van der Waals surface area contributed by atoms with Gasteiger partial charge in [0.1, 0.15) is 12.4 Å². The molecule has 0 amide bonds. The molecule has 2 aromatic heterocycles. The van der Waals surface area contributed by atoms with Gasteiger partial charge < -0.3 is 19.2 Å². The van der Waals surface area contributed by atoms with E-state index in [9.17, 15) is 4.79 Å². The monoisotopic (exact) mass is 577 g/mol. The van der Waals surface area contributed by atoms with Crippen molar-refractivity contribution in [2.24, 2.45) is 10.6 Å². The molecule has 1 N–H and O–H groups in total. The molecule has 0 bridgehead atoms. The van der Waals surface area contributed by atoms with Crippen LogP contribution in [0, 0.1) is 5.41 Å². The number of hydrogen-bond donors (Lipinski definition) is 1. The third kappa shape index (κ3) is 6.45. The van der Waals surface area contributed by atoms with E-state index in [0.717, 1.165) is 28.9 Å². The molecule has 4 aromatic rings. The zero-order valence-corrected chi connectivity index (χ0v) is 24.3. The molecule has 0 radical (unpaired) electrons. The molecular weight excluding hydrogens is 546 g/mol. The summed E-state index contributed by atoms with van der Waals surface area (Å²) in [6, 6.07) is 18.0. The summed E-state index contributed by atoms with van der Waals surface area (Å²) in [7, 11) is 0. The molecule has 1 atom stereocenters.